The van der Waals surface area contributed by atoms with E-state index in [2.05, 4.69) is 21.2 Å². The van der Waals surface area contributed by atoms with Gasteiger partial charge in [-0.05, 0) is 52.7 Å². The van der Waals surface area contributed by atoms with Crippen LogP contribution in [0, 0.1) is 0 Å². The maximum absolute atomic E-state index is 11.2. The molecule has 0 aromatic heterocycles. The summed E-state index contributed by atoms with van der Waals surface area (Å²) < 4.78 is 6.69. The van der Waals surface area contributed by atoms with Crippen LogP contribution in [-0.4, -0.2) is 5.91 Å². The van der Waals surface area contributed by atoms with Crippen LogP contribution in [-0.2, 0) is 4.79 Å². The van der Waals surface area contributed by atoms with Crippen LogP contribution in [0.25, 0.3) is 0 Å². The quantitative estimate of drug-likeness (QED) is 0.869. The van der Waals surface area contributed by atoms with Crippen LogP contribution in [0.3, 0.4) is 0 Å². The third-order valence-electron chi connectivity index (χ3n) is 2.90. The van der Waals surface area contributed by atoms with Crippen LogP contribution in [0.15, 0.2) is 46.9 Å². The summed E-state index contributed by atoms with van der Waals surface area (Å²) in [4.78, 5) is 11.2. The van der Waals surface area contributed by atoms with E-state index >= 15 is 0 Å². The molecule has 2 rings (SSSR count). The molecule has 2 aromatic rings. The molecule has 0 fully saturated rings. The summed E-state index contributed by atoms with van der Waals surface area (Å²) in [6.45, 7) is 3.39. The lowest BCUT2D eigenvalue weighted by atomic mass is 10.1. The minimum Gasteiger partial charge on any atom is -0.454 e. The van der Waals surface area contributed by atoms with Crippen molar-refractivity contribution in [2.45, 2.75) is 19.9 Å². The van der Waals surface area contributed by atoms with E-state index in [0.717, 1.165) is 10.0 Å². The first-order valence-corrected chi connectivity index (χ1v) is 7.36. The van der Waals surface area contributed by atoms with Crippen LogP contribution in [0.4, 0.5) is 5.69 Å². The highest BCUT2D eigenvalue weighted by Gasteiger charge is 2.09. The minimum absolute atomic E-state index is 0.0398. The van der Waals surface area contributed by atoms with E-state index in [1.54, 1.807) is 12.1 Å². The molecule has 4 nitrogen and oxygen atoms in total. The van der Waals surface area contributed by atoms with E-state index in [0.29, 0.717) is 17.2 Å². The zero-order valence-corrected chi connectivity index (χ0v) is 13.5. The van der Waals surface area contributed by atoms with E-state index in [4.69, 9.17) is 10.5 Å². The number of anilines is 1. The topological polar surface area (TPSA) is 64.3 Å². The first-order valence-electron chi connectivity index (χ1n) is 6.57. The summed E-state index contributed by atoms with van der Waals surface area (Å²) in [6.07, 6.45) is 0. The van der Waals surface area contributed by atoms with Crippen molar-refractivity contribution < 1.29 is 9.53 Å². The molecule has 0 saturated carbocycles. The van der Waals surface area contributed by atoms with Crippen molar-refractivity contribution in [3.8, 4) is 11.5 Å². The van der Waals surface area contributed by atoms with E-state index in [1.807, 2.05) is 37.3 Å². The standard InChI is InChI=1S/C16H17BrN2O2/c1-10(18)12-7-8-15(13(17)9-12)21-16-6-4-3-5-14(16)19-11(2)20/h3-10H,18H2,1-2H3,(H,19,20). The molecule has 5 heteroatoms. The van der Waals surface area contributed by atoms with Gasteiger partial charge in [-0.1, -0.05) is 18.2 Å². The van der Waals surface area contributed by atoms with Crippen LogP contribution in [0.2, 0.25) is 0 Å². The van der Waals surface area contributed by atoms with Crippen molar-refractivity contribution in [1.29, 1.82) is 0 Å². The number of nitrogens with two attached hydrogens (primary N) is 1. The third-order valence-corrected chi connectivity index (χ3v) is 3.52. The minimum atomic E-state index is -0.141. The van der Waals surface area contributed by atoms with Gasteiger partial charge in [-0.2, -0.15) is 0 Å². The summed E-state index contributed by atoms with van der Waals surface area (Å²) >= 11 is 3.48. The second kappa shape index (κ2) is 6.74. The number of carbonyl (C=O) groups excluding carboxylic acids is 1. The molecule has 0 saturated heterocycles. The molecule has 0 radical (unpaired) electrons. The summed E-state index contributed by atoms with van der Waals surface area (Å²) in [5, 5.41) is 2.74. The van der Waals surface area contributed by atoms with Crippen LogP contribution < -0.4 is 15.8 Å². The molecule has 0 spiro atoms. The maximum Gasteiger partial charge on any atom is 0.221 e. The molecular weight excluding hydrogens is 332 g/mol. The number of hydrogen-bond donors (Lipinski definition) is 2. The Balaban J connectivity index is 2.28. The van der Waals surface area contributed by atoms with Crippen molar-refractivity contribution in [2.24, 2.45) is 5.73 Å². The molecule has 0 aliphatic heterocycles. The predicted octanol–water partition coefficient (Wildman–Crippen LogP) is 4.22. The highest BCUT2D eigenvalue weighted by molar-refractivity contribution is 9.10. The second-order valence-electron chi connectivity index (χ2n) is 4.76. The average Bonchev–Trinajstić information content (AvgIpc) is 2.42. The molecule has 0 heterocycles. The van der Waals surface area contributed by atoms with Crippen LogP contribution in [0.1, 0.15) is 25.5 Å². The number of carbonyl (C=O) groups is 1. The Morgan fingerprint density at radius 2 is 1.95 bits per heavy atom. The molecule has 110 valence electrons. The largest absolute Gasteiger partial charge is 0.454 e. The number of amides is 1. The van der Waals surface area contributed by atoms with Gasteiger partial charge in [0.05, 0.1) is 10.2 Å². The maximum atomic E-state index is 11.2. The van der Waals surface area contributed by atoms with Gasteiger partial charge in [0, 0.05) is 13.0 Å². The average molecular weight is 349 g/mol. The molecule has 1 unspecified atom stereocenters. The Morgan fingerprint density at radius 3 is 2.57 bits per heavy atom. The van der Waals surface area contributed by atoms with E-state index in [1.165, 1.54) is 6.92 Å². The molecule has 1 amide bonds. The van der Waals surface area contributed by atoms with Crippen molar-refractivity contribution in [3.63, 3.8) is 0 Å². The predicted molar refractivity (Wildman–Crippen MR) is 87.6 cm³/mol. The van der Waals surface area contributed by atoms with Gasteiger partial charge in [0.2, 0.25) is 5.91 Å². The number of nitrogens with one attached hydrogen (secondary N) is 1. The van der Waals surface area contributed by atoms with E-state index in [-0.39, 0.29) is 11.9 Å². The number of ether oxygens (including phenoxy) is 1. The normalized spacial score (nSPS) is 11.8. The van der Waals surface area contributed by atoms with Gasteiger partial charge < -0.3 is 15.8 Å². The molecule has 21 heavy (non-hydrogen) atoms. The van der Waals surface area contributed by atoms with Gasteiger partial charge in [0.15, 0.2) is 5.75 Å². The number of rotatable bonds is 4. The van der Waals surface area contributed by atoms with Gasteiger partial charge in [-0.25, -0.2) is 0 Å². The number of benzene rings is 2. The zero-order valence-electron chi connectivity index (χ0n) is 11.9. The van der Waals surface area contributed by atoms with Crippen molar-refractivity contribution in [1.82, 2.24) is 0 Å². The SMILES string of the molecule is CC(=O)Nc1ccccc1Oc1ccc(C(C)N)cc1Br. The molecule has 1 atom stereocenters. The first-order chi connectivity index (χ1) is 9.97. The monoisotopic (exact) mass is 348 g/mol. The van der Waals surface area contributed by atoms with Crippen molar-refractivity contribution in [2.75, 3.05) is 5.32 Å². The first kappa shape index (κ1) is 15.5. The van der Waals surface area contributed by atoms with Gasteiger partial charge >= 0.3 is 0 Å². The van der Waals surface area contributed by atoms with Gasteiger partial charge in [-0.3, -0.25) is 4.79 Å². The Kier molecular flexibility index (Phi) is 4.98. The summed E-state index contributed by atoms with van der Waals surface area (Å²) in [6, 6.07) is 13.0. The summed E-state index contributed by atoms with van der Waals surface area (Å²) in [5.41, 5.74) is 7.51. The second-order valence-corrected chi connectivity index (χ2v) is 5.61. The third kappa shape index (κ3) is 4.06. The van der Waals surface area contributed by atoms with Crippen LogP contribution >= 0.6 is 15.9 Å². The highest BCUT2D eigenvalue weighted by atomic mass is 79.9. The smallest absolute Gasteiger partial charge is 0.221 e. The summed E-state index contributed by atoms with van der Waals surface area (Å²) in [5.74, 6) is 1.11. The van der Waals surface area contributed by atoms with E-state index in [9.17, 15) is 4.79 Å². The number of halogens is 1. The van der Waals surface area contributed by atoms with Gasteiger partial charge in [0.25, 0.3) is 0 Å². The Hall–Kier alpha value is -1.85. The molecule has 0 bridgehead atoms. The molecule has 2 aromatic carbocycles. The Labute approximate surface area is 132 Å². The van der Waals surface area contributed by atoms with Crippen molar-refractivity contribution >= 4 is 27.5 Å². The Morgan fingerprint density at radius 1 is 1.24 bits per heavy atom. The van der Waals surface area contributed by atoms with E-state index < -0.39 is 0 Å². The zero-order chi connectivity index (χ0) is 15.4. The molecule has 0 aliphatic rings. The highest BCUT2D eigenvalue weighted by Crippen LogP contribution is 2.34. The lowest BCUT2D eigenvalue weighted by molar-refractivity contribution is -0.114. The molecule has 3 N–H and O–H groups in total. The van der Waals surface area contributed by atoms with Crippen molar-refractivity contribution in [3.05, 3.63) is 52.5 Å². The van der Waals surface area contributed by atoms with Gasteiger partial charge in [0.1, 0.15) is 5.75 Å². The number of para-hydroxylation sites is 2. The fraction of sp³-hybridized carbons (Fsp3) is 0.188. The molecule has 0 aliphatic carbocycles. The molecular formula is C16H17BrN2O2. The number of hydrogen-bond acceptors (Lipinski definition) is 3. The fourth-order valence-corrected chi connectivity index (χ4v) is 2.33. The lowest BCUT2D eigenvalue weighted by Crippen LogP contribution is -2.07. The van der Waals surface area contributed by atoms with Crippen LogP contribution in [0.5, 0.6) is 11.5 Å². The lowest BCUT2D eigenvalue weighted by Gasteiger charge is -2.14. The summed E-state index contributed by atoms with van der Waals surface area (Å²) in [7, 11) is 0. The fourth-order valence-electron chi connectivity index (χ4n) is 1.85. The van der Waals surface area contributed by atoms with Gasteiger partial charge in [-0.15, -0.1) is 0 Å². The Bertz CT molecular complexity index is 656.